The highest BCUT2D eigenvalue weighted by molar-refractivity contribution is 5.32. The van der Waals surface area contributed by atoms with E-state index in [1.165, 1.54) is 6.07 Å². The number of rotatable bonds is 2. The fourth-order valence-electron chi connectivity index (χ4n) is 1.52. The van der Waals surface area contributed by atoms with Crippen molar-refractivity contribution < 1.29 is 13.9 Å². The van der Waals surface area contributed by atoms with Gasteiger partial charge in [-0.2, -0.15) is 4.39 Å². The zero-order chi connectivity index (χ0) is 10.3. The first-order valence-electron chi connectivity index (χ1n) is 4.53. The molecule has 76 valence electrons. The van der Waals surface area contributed by atoms with Crippen LogP contribution in [-0.2, 0) is 0 Å². The molecule has 0 bridgehead atoms. The maximum Gasteiger partial charge on any atom is 0.200 e. The van der Waals surface area contributed by atoms with Gasteiger partial charge < -0.3 is 10.8 Å². The molecule has 0 saturated heterocycles. The molecule has 1 aliphatic carbocycles. The summed E-state index contributed by atoms with van der Waals surface area (Å²) in [7, 11) is 0. The number of aromatic hydroxyl groups is 1. The van der Waals surface area contributed by atoms with E-state index in [-0.39, 0.29) is 11.5 Å². The van der Waals surface area contributed by atoms with Gasteiger partial charge in [0.15, 0.2) is 11.6 Å². The summed E-state index contributed by atoms with van der Waals surface area (Å²) in [6.07, 6.45) is 1.92. The standard InChI is InChI=1S/C10H11F2NO/c11-8-6(10(13)5-1-2-5)3-4-7(14)9(8)12/h3-5,10,14H,1-2,13H2/t10-/m1/s1. The molecule has 1 aliphatic rings. The Labute approximate surface area is 80.4 Å². The molecular weight excluding hydrogens is 188 g/mol. The maximum atomic E-state index is 13.3. The summed E-state index contributed by atoms with van der Waals surface area (Å²) in [5.41, 5.74) is 5.89. The minimum atomic E-state index is -1.21. The Kier molecular flexibility index (Phi) is 2.15. The highest BCUT2D eigenvalue weighted by Crippen LogP contribution is 2.40. The van der Waals surface area contributed by atoms with E-state index >= 15 is 0 Å². The van der Waals surface area contributed by atoms with Crippen LogP contribution in [0.25, 0.3) is 0 Å². The van der Waals surface area contributed by atoms with Crippen molar-refractivity contribution in [3.8, 4) is 5.75 Å². The summed E-state index contributed by atoms with van der Waals surface area (Å²) >= 11 is 0. The Hall–Kier alpha value is -1.16. The lowest BCUT2D eigenvalue weighted by atomic mass is 10.0. The van der Waals surface area contributed by atoms with Gasteiger partial charge in [0.05, 0.1) is 0 Å². The Morgan fingerprint density at radius 2 is 1.93 bits per heavy atom. The summed E-state index contributed by atoms with van der Waals surface area (Å²) < 4.78 is 26.2. The lowest BCUT2D eigenvalue weighted by Gasteiger charge is -2.12. The molecular formula is C10H11F2NO. The highest BCUT2D eigenvalue weighted by Gasteiger charge is 2.32. The SMILES string of the molecule is N[C@@H](c1ccc(O)c(F)c1F)C1CC1. The van der Waals surface area contributed by atoms with Gasteiger partial charge in [-0.1, -0.05) is 6.07 Å². The van der Waals surface area contributed by atoms with E-state index in [2.05, 4.69) is 0 Å². The molecule has 0 amide bonds. The van der Waals surface area contributed by atoms with E-state index in [0.29, 0.717) is 0 Å². The fourth-order valence-corrected chi connectivity index (χ4v) is 1.52. The van der Waals surface area contributed by atoms with E-state index < -0.39 is 23.4 Å². The molecule has 1 saturated carbocycles. The Morgan fingerprint density at radius 3 is 2.50 bits per heavy atom. The molecule has 0 spiro atoms. The third kappa shape index (κ3) is 1.46. The van der Waals surface area contributed by atoms with Gasteiger partial charge in [-0.25, -0.2) is 4.39 Å². The topological polar surface area (TPSA) is 46.2 Å². The number of phenolic OH excluding ortho intramolecular Hbond substituents is 1. The van der Waals surface area contributed by atoms with Crippen molar-refractivity contribution in [2.45, 2.75) is 18.9 Å². The molecule has 1 atom stereocenters. The maximum absolute atomic E-state index is 13.3. The number of hydrogen-bond donors (Lipinski definition) is 2. The molecule has 4 heteroatoms. The largest absolute Gasteiger partial charge is 0.505 e. The van der Waals surface area contributed by atoms with Crippen LogP contribution in [0.5, 0.6) is 5.75 Å². The second kappa shape index (κ2) is 3.20. The molecule has 3 N–H and O–H groups in total. The highest BCUT2D eigenvalue weighted by atomic mass is 19.2. The zero-order valence-electron chi connectivity index (χ0n) is 7.50. The first kappa shape index (κ1) is 9.40. The van der Waals surface area contributed by atoms with E-state index in [1.54, 1.807) is 0 Å². The lowest BCUT2D eigenvalue weighted by Crippen LogP contribution is -2.14. The number of nitrogens with two attached hydrogens (primary N) is 1. The molecule has 0 aliphatic heterocycles. The molecule has 1 fully saturated rings. The van der Waals surface area contributed by atoms with E-state index in [1.807, 2.05) is 0 Å². The van der Waals surface area contributed by atoms with E-state index in [4.69, 9.17) is 10.8 Å². The quantitative estimate of drug-likeness (QED) is 0.766. The van der Waals surface area contributed by atoms with E-state index in [9.17, 15) is 8.78 Å². The smallest absolute Gasteiger partial charge is 0.200 e. The third-order valence-electron chi connectivity index (χ3n) is 2.58. The Balaban J connectivity index is 2.38. The first-order chi connectivity index (χ1) is 6.61. The molecule has 0 radical (unpaired) electrons. The fraction of sp³-hybridized carbons (Fsp3) is 0.400. The van der Waals surface area contributed by atoms with Crippen LogP contribution in [0.3, 0.4) is 0 Å². The lowest BCUT2D eigenvalue weighted by molar-refractivity contribution is 0.399. The summed E-state index contributed by atoms with van der Waals surface area (Å²) in [5, 5.41) is 8.90. The van der Waals surface area contributed by atoms with Crippen molar-refractivity contribution in [2.24, 2.45) is 11.7 Å². The third-order valence-corrected chi connectivity index (χ3v) is 2.58. The van der Waals surface area contributed by atoms with Crippen molar-refractivity contribution in [1.29, 1.82) is 0 Å². The van der Waals surface area contributed by atoms with Gasteiger partial charge in [0.25, 0.3) is 0 Å². The Morgan fingerprint density at radius 1 is 1.29 bits per heavy atom. The zero-order valence-corrected chi connectivity index (χ0v) is 7.50. The molecule has 0 unspecified atom stereocenters. The molecule has 2 nitrogen and oxygen atoms in total. The molecule has 14 heavy (non-hydrogen) atoms. The van der Waals surface area contributed by atoms with Crippen molar-refractivity contribution in [3.05, 3.63) is 29.3 Å². The molecule has 0 aromatic heterocycles. The Bertz CT molecular complexity index is 363. The van der Waals surface area contributed by atoms with Gasteiger partial charge in [0, 0.05) is 11.6 Å². The molecule has 1 aromatic carbocycles. The first-order valence-corrected chi connectivity index (χ1v) is 4.53. The second-order valence-electron chi connectivity index (χ2n) is 3.67. The van der Waals surface area contributed by atoms with Crippen molar-refractivity contribution in [3.63, 3.8) is 0 Å². The van der Waals surface area contributed by atoms with Crippen LogP contribution in [0.15, 0.2) is 12.1 Å². The van der Waals surface area contributed by atoms with Crippen molar-refractivity contribution >= 4 is 0 Å². The van der Waals surface area contributed by atoms with Gasteiger partial charge in [-0.05, 0) is 24.8 Å². The summed E-state index contributed by atoms with van der Waals surface area (Å²) in [4.78, 5) is 0. The number of phenols is 1. The van der Waals surface area contributed by atoms with Crippen LogP contribution in [0.4, 0.5) is 8.78 Å². The van der Waals surface area contributed by atoms with Crippen molar-refractivity contribution in [2.75, 3.05) is 0 Å². The van der Waals surface area contributed by atoms with E-state index in [0.717, 1.165) is 18.9 Å². The van der Waals surface area contributed by atoms with Crippen LogP contribution >= 0.6 is 0 Å². The minimum Gasteiger partial charge on any atom is -0.505 e. The average molecular weight is 199 g/mol. The predicted molar refractivity (Wildman–Crippen MR) is 47.7 cm³/mol. The monoisotopic (exact) mass is 199 g/mol. The van der Waals surface area contributed by atoms with Crippen LogP contribution in [-0.4, -0.2) is 5.11 Å². The minimum absolute atomic E-state index is 0.155. The van der Waals surface area contributed by atoms with Crippen LogP contribution < -0.4 is 5.73 Å². The van der Waals surface area contributed by atoms with Gasteiger partial charge in [0.1, 0.15) is 0 Å². The normalized spacial score (nSPS) is 18.2. The van der Waals surface area contributed by atoms with Gasteiger partial charge >= 0.3 is 0 Å². The predicted octanol–water partition coefficient (Wildman–Crippen LogP) is 2.08. The summed E-state index contributed by atoms with van der Waals surface area (Å²) in [6, 6.07) is 2.03. The molecule has 1 aromatic rings. The summed E-state index contributed by atoms with van der Waals surface area (Å²) in [6.45, 7) is 0. The van der Waals surface area contributed by atoms with Crippen LogP contribution in [0.2, 0.25) is 0 Å². The van der Waals surface area contributed by atoms with Crippen molar-refractivity contribution in [1.82, 2.24) is 0 Å². The average Bonchev–Trinajstić information content (AvgIpc) is 2.97. The number of hydrogen-bond acceptors (Lipinski definition) is 2. The van der Waals surface area contributed by atoms with Gasteiger partial charge in [-0.15, -0.1) is 0 Å². The number of halogens is 2. The molecule has 2 rings (SSSR count). The second-order valence-corrected chi connectivity index (χ2v) is 3.67. The van der Waals surface area contributed by atoms with Crippen LogP contribution in [0, 0.1) is 17.6 Å². The van der Waals surface area contributed by atoms with Gasteiger partial charge in [-0.3, -0.25) is 0 Å². The van der Waals surface area contributed by atoms with Gasteiger partial charge in [0.2, 0.25) is 5.82 Å². The number of benzene rings is 1. The van der Waals surface area contributed by atoms with Crippen LogP contribution in [0.1, 0.15) is 24.4 Å². The molecule has 0 heterocycles. The summed E-state index contributed by atoms with van der Waals surface area (Å²) in [5.74, 6) is -2.65.